The number of allylic oxidation sites excluding steroid dienone is 1. The third-order valence-electron chi connectivity index (χ3n) is 2.98. The first-order valence-electron chi connectivity index (χ1n) is 6.25. The lowest BCUT2D eigenvalue weighted by atomic mass is 9.86. The van der Waals surface area contributed by atoms with Crippen LogP contribution >= 0.6 is 0 Å². The zero-order valence-corrected chi connectivity index (χ0v) is 11.1. The van der Waals surface area contributed by atoms with Crippen LogP contribution in [0.2, 0.25) is 0 Å². The summed E-state index contributed by atoms with van der Waals surface area (Å²) < 4.78 is 0. The lowest BCUT2D eigenvalue weighted by molar-refractivity contribution is 0.205. The van der Waals surface area contributed by atoms with Gasteiger partial charge in [-0.2, -0.15) is 0 Å². The van der Waals surface area contributed by atoms with Crippen LogP contribution in [0.5, 0.6) is 0 Å². The predicted octanol–water partition coefficient (Wildman–Crippen LogP) is 4.31. The third-order valence-corrected chi connectivity index (χ3v) is 2.98. The first-order valence-corrected chi connectivity index (χ1v) is 6.25. The maximum absolute atomic E-state index is 9.81. The quantitative estimate of drug-likeness (QED) is 0.514. The monoisotopic (exact) mass is 212 g/mol. The fraction of sp³-hybridized carbons (Fsp3) is 0.857. The van der Waals surface area contributed by atoms with Gasteiger partial charge in [0.15, 0.2) is 0 Å². The molecule has 1 unspecified atom stereocenters. The Bertz CT molecular complexity index is 186. The van der Waals surface area contributed by atoms with E-state index in [1.165, 1.54) is 24.8 Å². The Kier molecular flexibility index (Phi) is 6.91. The molecule has 0 rings (SSSR count). The predicted molar refractivity (Wildman–Crippen MR) is 68.0 cm³/mol. The highest BCUT2D eigenvalue weighted by Crippen LogP contribution is 2.25. The van der Waals surface area contributed by atoms with E-state index in [1.54, 1.807) is 0 Å². The number of rotatable bonds is 6. The van der Waals surface area contributed by atoms with Crippen LogP contribution in [-0.2, 0) is 0 Å². The van der Waals surface area contributed by atoms with Crippen molar-refractivity contribution in [1.82, 2.24) is 0 Å². The Labute approximate surface area is 95.6 Å². The Morgan fingerprint density at radius 1 is 1.20 bits per heavy atom. The van der Waals surface area contributed by atoms with Crippen molar-refractivity contribution >= 4 is 0 Å². The maximum Gasteiger partial charge on any atom is 0.0723 e. The van der Waals surface area contributed by atoms with Gasteiger partial charge < -0.3 is 5.11 Å². The molecular formula is C14H28O. The van der Waals surface area contributed by atoms with E-state index in [0.717, 1.165) is 12.8 Å². The van der Waals surface area contributed by atoms with Crippen LogP contribution in [0.15, 0.2) is 11.6 Å². The largest absolute Gasteiger partial charge is 0.389 e. The minimum atomic E-state index is -0.249. The van der Waals surface area contributed by atoms with Gasteiger partial charge in [0.1, 0.15) is 0 Å². The van der Waals surface area contributed by atoms with Crippen LogP contribution in [-0.4, -0.2) is 11.2 Å². The van der Waals surface area contributed by atoms with Crippen molar-refractivity contribution in [3.05, 3.63) is 11.6 Å². The molecule has 0 radical (unpaired) electrons. The van der Waals surface area contributed by atoms with Gasteiger partial charge in [0.05, 0.1) is 6.10 Å². The molecule has 0 spiro atoms. The van der Waals surface area contributed by atoms with Crippen LogP contribution < -0.4 is 0 Å². The summed E-state index contributed by atoms with van der Waals surface area (Å²) >= 11 is 0. The molecule has 0 aromatic carbocycles. The van der Waals surface area contributed by atoms with Gasteiger partial charge in [0, 0.05) is 0 Å². The van der Waals surface area contributed by atoms with E-state index in [0.29, 0.717) is 0 Å². The molecule has 15 heavy (non-hydrogen) atoms. The van der Waals surface area contributed by atoms with Gasteiger partial charge in [-0.25, -0.2) is 0 Å². The second-order valence-corrected chi connectivity index (χ2v) is 5.52. The third kappa shape index (κ3) is 7.61. The summed E-state index contributed by atoms with van der Waals surface area (Å²) in [5.74, 6) is 0. The molecule has 1 heteroatoms. The molecule has 1 atom stereocenters. The van der Waals surface area contributed by atoms with E-state index >= 15 is 0 Å². The minimum absolute atomic E-state index is 0.185. The molecule has 0 saturated carbocycles. The zero-order valence-electron chi connectivity index (χ0n) is 11.1. The SMILES string of the molecule is CCCCCCC(O)/C=C(\C)C(C)(C)C. The summed E-state index contributed by atoms with van der Waals surface area (Å²) in [6.07, 6.45) is 7.61. The molecule has 0 saturated heterocycles. The van der Waals surface area contributed by atoms with Crippen molar-refractivity contribution in [3.63, 3.8) is 0 Å². The molecule has 0 aromatic rings. The van der Waals surface area contributed by atoms with E-state index in [-0.39, 0.29) is 11.5 Å². The molecular weight excluding hydrogens is 184 g/mol. The van der Waals surface area contributed by atoms with E-state index < -0.39 is 0 Å². The lowest BCUT2D eigenvalue weighted by Gasteiger charge is -2.20. The van der Waals surface area contributed by atoms with Gasteiger partial charge in [0.25, 0.3) is 0 Å². The highest BCUT2D eigenvalue weighted by atomic mass is 16.3. The zero-order chi connectivity index (χ0) is 11.9. The summed E-state index contributed by atoms with van der Waals surface area (Å²) in [6.45, 7) is 10.9. The number of unbranched alkanes of at least 4 members (excludes halogenated alkanes) is 3. The smallest absolute Gasteiger partial charge is 0.0723 e. The van der Waals surface area contributed by atoms with E-state index in [1.807, 2.05) is 6.08 Å². The van der Waals surface area contributed by atoms with Crippen molar-refractivity contribution in [2.75, 3.05) is 0 Å². The molecule has 0 aliphatic heterocycles. The average molecular weight is 212 g/mol. The van der Waals surface area contributed by atoms with Crippen LogP contribution in [0.4, 0.5) is 0 Å². The Balaban J connectivity index is 3.86. The van der Waals surface area contributed by atoms with Gasteiger partial charge in [0.2, 0.25) is 0 Å². The van der Waals surface area contributed by atoms with Gasteiger partial charge in [-0.15, -0.1) is 0 Å². The molecule has 0 fully saturated rings. The first kappa shape index (κ1) is 14.7. The highest BCUT2D eigenvalue weighted by molar-refractivity contribution is 5.09. The number of aliphatic hydroxyl groups is 1. The molecule has 0 aliphatic rings. The van der Waals surface area contributed by atoms with Crippen LogP contribution in [0.3, 0.4) is 0 Å². The fourth-order valence-corrected chi connectivity index (χ4v) is 1.40. The van der Waals surface area contributed by atoms with Crippen molar-refractivity contribution in [2.24, 2.45) is 5.41 Å². The van der Waals surface area contributed by atoms with Crippen molar-refractivity contribution in [1.29, 1.82) is 0 Å². The molecule has 0 heterocycles. The van der Waals surface area contributed by atoms with E-state index in [4.69, 9.17) is 0 Å². The van der Waals surface area contributed by atoms with Gasteiger partial charge in [-0.1, -0.05) is 65.0 Å². The number of hydrogen-bond acceptors (Lipinski definition) is 1. The minimum Gasteiger partial charge on any atom is -0.389 e. The van der Waals surface area contributed by atoms with Gasteiger partial charge >= 0.3 is 0 Å². The second kappa shape index (κ2) is 7.05. The first-order chi connectivity index (χ1) is 6.88. The normalized spacial score (nSPS) is 15.5. The molecule has 90 valence electrons. The van der Waals surface area contributed by atoms with Crippen molar-refractivity contribution < 1.29 is 5.11 Å². The maximum atomic E-state index is 9.81. The Morgan fingerprint density at radius 2 is 1.80 bits per heavy atom. The lowest BCUT2D eigenvalue weighted by Crippen LogP contribution is -2.11. The average Bonchev–Trinajstić information content (AvgIpc) is 2.11. The topological polar surface area (TPSA) is 20.2 Å². The number of hydrogen-bond donors (Lipinski definition) is 1. The number of aliphatic hydroxyl groups excluding tert-OH is 1. The second-order valence-electron chi connectivity index (χ2n) is 5.52. The van der Waals surface area contributed by atoms with Crippen LogP contribution in [0.25, 0.3) is 0 Å². The standard InChI is InChI=1S/C14H28O/c1-6-7-8-9-10-13(15)11-12(2)14(3,4)5/h11,13,15H,6-10H2,1-5H3/b12-11+. The Hall–Kier alpha value is -0.300. The molecule has 0 aromatic heterocycles. The van der Waals surface area contributed by atoms with Crippen LogP contribution in [0, 0.1) is 5.41 Å². The summed E-state index contributed by atoms with van der Waals surface area (Å²) in [5, 5.41) is 9.81. The highest BCUT2D eigenvalue weighted by Gasteiger charge is 2.13. The van der Waals surface area contributed by atoms with Gasteiger partial charge in [-0.05, 0) is 18.8 Å². The summed E-state index contributed by atoms with van der Waals surface area (Å²) in [4.78, 5) is 0. The van der Waals surface area contributed by atoms with E-state index in [9.17, 15) is 5.11 Å². The molecule has 0 aliphatic carbocycles. The van der Waals surface area contributed by atoms with E-state index in [2.05, 4.69) is 34.6 Å². The van der Waals surface area contributed by atoms with Crippen molar-refractivity contribution in [2.45, 2.75) is 72.8 Å². The van der Waals surface area contributed by atoms with Crippen molar-refractivity contribution in [3.8, 4) is 0 Å². The molecule has 0 amide bonds. The summed E-state index contributed by atoms with van der Waals surface area (Å²) in [6, 6.07) is 0. The fourth-order valence-electron chi connectivity index (χ4n) is 1.40. The molecule has 1 N–H and O–H groups in total. The van der Waals surface area contributed by atoms with Gasteiger partial charge in [-0.3, -0.25) is 0 Å². The van der Waals surface area contributed by atoms with Crippen LogP contribution in [0.1, 0.15) is 66.7 Å². The molecule has 0 bridgehead atoms. The Morgan fingerprint density at radius 3 is 2.27 bits per heavy atom. The molecule has 1 nitrogen and oxygen atoms in total. The summed E-state index contributed by atoms with van der Waals surface area (Å²) in [5.41, 5.74) is 1.47. The summed E-state index contributed by atoms with van der Waals surface area (Å²) in [7, 11) is 0.